The third-order valence-electron chi connectivity index (χ3n) is 4.14. The smallest absolute Gasteiger partial charge is 0.119 e. The molecule has 0 spiro atoms. The monoisotopic (exact) mass is 310 g/mol. The van der Waals surface area contributed by atoms with Crippen molar-refractivity contribution in [3.63, 3.8) is 0 Å². The van der Waals surface area contributed by atoms with Crippen LogP contribution in [0.2, 0.25) is 0 Å². The van der Waals surface area contributed by atoms with Crippen LogP contribution < -0.4 is 12.4 Å². The molecule has 0 aliphatic carbocycles. The van der Waals surface area contributed by atoms with E-state index in [1.807, 2.05) is 7.11 Å². The van der Waals surface area contributed by atoms with Gasteiger partial charge in [0.1, 0.15) is 8.81 Å². The van der Waals surface area contributed by atoms with Gasteiger partial charge in [0, 0.05) is 0 Å². The molecule has 1 unspecified atom stereocenters. The molecule has 1 atom stereocenters. The van der Waals surface area contributed by atoms with E-state index in [4.69, 9.17) is 4.52 Å². The summed E-state index contributed by atoms with van der Waals surface area (Å²) in [5, 5.41) is 0. The molecule has 0 aliphatic heterocycles. The standard InChI is InChI=1S/C16H35OP.ClH/c1-5-8-11-16(12-9-6-2,13-10-7-3)14-15-18-17-4;/h18H,5-15H2,1-4H3;1H. The zero-order chi connectivity index (χ0) is 13.7. The fourth-order valence-corrected chi connectivity index (χ4v) is 3.85. The molecule has 0 amide bonds. The zero-order valence-electron chi connectivity index (χ0n) is 13.6. The number of unbranched alkanes of at least 4 members (excludes halogenated alkanes) is 3. The molecule has 0 fully saturated rings. The Morgan fingerprint density at radius 1 is 0.789 bits per heavy atom. The number of rotatable bonds is 13. The molecular weight excluding hydrogens is 275 g/mol. The first-order chi connectivity index (χ1) is 8.74. The van der Waals surface area contributed by atoms with Crippen LogP contribution in [0.5, 0.6) is 0 Å². The van der Waals surface area contributed by atoms with Crippen LogP contribution in [0.4, 0.5) is 0 Å². The van der Waals surface area contributed by atoms with Gasteiger partial charge in [-0.05, 0) is 31.1 Å². The Kier molecular flexibility index (Phi) is 17.4. The number of hydrogen-bond donors (Lipinski definition) is 0. The first-order valence-electron chi connectivity index (χ1n) is 8.09. The minimum atomic E-state index is 0. The Labute approximate surface area is 129 Å². The van der Waals surface area contributed by atoms with Gasteiger partial charge in [-0.1, -0.05) is 59.3 Å². The second kappa shape index (κ2) is 15.1. The van der Waals surface area contributed by atoms with E-state index in [0.29, 0.717) is 5.41 Å². The highest BCUT2D eigenvalue weighted by molar-refractivity contribution is 7.32. The van der Waals surface area contributed by atoms with Crippen molar-refractivity contribution in [1.82, 2.24) is 0 Å². The van der Waals surface area contributed by atoms with Crippen LogP contribution in [0.15, 0.2) is 0 Å². The molecule has 0 rings (SSSR count). The SMILES string of the molecule is CCCCC(CCCC)(CCCC)CC[PH2+]OC.[Cl-]. The third kappa shape index (κ3) is 11.1. The minimum Gasteiger partial charge on any atom is -1.00 e. The first kappa shape index (κ1) is 22.0. The maximum atomic E-state index is 5.33. The van der Waals surface area contributed by atoms with Crippen molar-refractivity contribution in [2.24, 2.45) is 5.41 Å². The number of halogens is 1. The Bertz CT molecular complexity index is 154. The van der Waals surface area contributed by atoms with Gasteiger partial charge in [-0.25, -0.2) is 4.52 Å². The van der Waals surface area contributed by atoms with E-state index in [1.54, 1.807) is 0 Å². The van der Waals surface area contributed by atoms with E-state index in [0.717, 1.165) is 0 Å². The second-order valence-corrected chi connectivity index (χ2v) is 7.13. The molecule has 3 heteroatoms. The topological polar surface area (TPSA) is 9.23 Å². The Morgan fingerprint density at radius 2 is 1.21 bits per heavy atom. The molecular formula is C16H36ClOP. The van der Waals surface area contributed by atoms with Gasteiger partial charge in [0.05, 0.1) is 13.3 Å². The fourth-order valence-electron chi connectivity index (χ4n) is 2.89. The molecule has 1 nitrogen and oxygen atoms in total. The van der Waals surface area contributed by atoms with Gasteiger partial charge in [-0.2, -0.15) is 0 Å². The molecule has 0 radical (unpaired) electrons. The average Bonchev–Trinajstić information content (AvgIpc) is 2.40. The summed E-state index contributed by atoms with van der Waals surface area (Å²) >= 11 is 0. The Hall–Kier alpha value is 0.680. The lowest BCUT2D eigenvalue weighted by atomic mass is 9.72. The van der Waals surface area contributed by atoms with Crippen LogP contribution in [0.1, 0.15) is 85.0 Å². The first-order valence-corrected chi connectivity index (χ1v) is 9.38. The van der Waals surface area contributed by atoms with Gasteiger partial charge < -0.3 is 12.4 Å². The predicted molar refractivity (Wildman–Crippen MR) is 87.2 cm³/mol. The predicted octanol–water partition coefficient (Wildman–Crippen LogP) is 2.91. The van der Waals surface area contributed by atoms with E-state index in [1.165, 1.54) is 70.4 Å². The largest absolute Gasteiger partial charge is 1.00 e. The van der Waals surface area contributed by atoms with Crippen molar-refractivity contribution >= 4 is 8.81 Å². The van der Waals surface area contributed by atoms with Gasteiger partial charge in [0.15, 0.2) is 0 Å². The van der Waals surface area contributed by atoms with E-state index in [9.17, 15) is 0 Å². The van der Waals surface area contributed by atoms with Gasteiger partial charge in [0.2, 0.25) is 0 Å². The molecule has 0 bridgehead atoms. The van der Waals surface area contributed by atoms with Crippen molar-refractivity contribution in [2.45, 2.75) is 85.0 Å². The Morgan fingerprint density at radius 3 is 1.53 bits per heavy atom. The highest BCUT2D eigenvalue weighted by Gasteiger charge is 2.28. The maximum absolute atomic E-state index is 5.33. The van der Waals surface area contributed by atoms with Crippen LogP contribution in [0.3, 0.4) is 0 Å². The summed E-state index contributed by atoms with van der Waals surface area (Å²) in [4.78, 5) is 0. The van der Waals surface area contributed by atoms with Crippen molar-refractivity contribution < 1.29 is 16.9 Å². The quantitative estimate of drug-likeness (QED) is 0.375. The van der Waals surface area contributed by atoms with Crippen LogP contribution in [0, 0.1) is 5.41 Å². The summed E-state index contributed by atoms with van der Waals surface area (Å²) in [7, 11) is 2.10. The summed E-state index contributed by atoms with van der Waals surface area (Å²) in [6, 6.07) is 0. The molecule has 0 aromatic rings. The molecule has 0 saturated heterocycles. The van der Waals surface area contributed by atoms with Crippen molar-refractivity contribution in [2.75, 3.05) is 13.3 Å². The summed E-state index contributed by atoms with van der Waals surface area (Å²) in [6.07, 6.45) is 15.4. The zero-order valence-corrected chi connectivity index (χ0v) is 15.6. The highest BCUT2D eigenvalue weighted by Crippen LogP contribution is 2.41. The molecule has 0 saturated carbocycles. The molecule has 0 aromatic heterocycles. The highest BCUT2D eigenvalue weighted by atomic mass is 35.5. The fraction of sp³-hybridized carbons (Fsp3) is 1.00. The second-order valence-electron chi connectivity index (χ2n) is 5.75. The molecule has 0 aliphatic rings. The van der Waals surface area contributed by atoms with E-state index >= 15 is 0 Å². The van der Waals surface area contributed by atoms with Gasteiger partial charge in [0.25, 0.3) is 0 Å². The van der Waals surface area contributed by atoms with Gasteiger partial charge in [-0.3, -0.25) is 0 Å². The summed E-state index contributed by atoms with van der Waals surface area (Å²) in [5.74, 6) is 0. The summed E-state index contributed by atoms with van der Waals surface area (Å²) in [6.45, 7) is 6.97. The molecule has 118 valence electrons. The third-order valence-corrected chi connectivity index (χ3v) is 5.00. The van der Waals surface area contributed by atoms with E-state index in [2.05, 4.69) is 20.8 Å². The summed E-state index contributed by atoms with van der Waals surface area (Å²) in [5.41, 5.74) is 0.646. The van der Waals surface area contributed by atoms with Crippen molar-refractivity contribution in [3.8, 4) is 0 Å². The maximum Gasteiger partial charge on any atom is 0.119 e. The van der Waals surface area contributed by atoms with Crippen molar-refractivity contribution in [1.29, 1.82) is 0 Å². The van der Waals surface area contributed by atoms with Crippen LogP contribution >= 0.6 is 8.81 Å². The number of hydrogen-bond acceptors (Lipinski definition) is 1. The average molecular weight is 311 g/mol. The normalized spacial score (nSPS) is 12.0. The van der Waals surface area contributed by atoms with Gasteiger partial charge >= 0.3 is 0 Å². The lowest BCUT2D eigenvalue weighted by molar-refractivity contribution is -0.00000470. The van der Waals surface area contributed by atoms with Gasteiger partial charge in [-0.15, -0.1) is 0 Å². The molecule has 19 heavy (non-hydrogen) atoms. The molecule has 0 N–H and O–H groups in total. The van der Waals surface area contributed by atoms with Crippen LogP contribution in [-0.4, -0.2) is 13.3 Å². The van der Waals surface area contributed by atoms with Crippen molar-refractivity contribution in [3.05, 3.63) is 0 Å². The minimum absolute atomic E-state index is 0. The molecule has 0 heterocycles. The molecule has 0 aromatic carbocycles. The Balaban J connectivity index is 0. The lowest BCUT2D eigenvalue weighted by Gasteiger charge is -2.33. The van der Waals surface area contributed by atoms with E-state index < -0.39 is 0 Å². The van der Waals surface area contributed by atoms with E-state index in [-0.39, 0.29) is 21.2 Å². The summed E-state index contributed by atoms with van der Waals surface area (Å²) < 4.78 is 5.33. The van der Waals surface area contributed by atoms with Crippen LogP contribution in [-0.2, 0) is 4.52 Å². The lowest BCUT2D eigenvalue weighted by Crippen LogP contribution is -3.00. The van der Waals surface area contributed by atoms with Crippen LogP contribution in [0.25, 0.3) is 0 Å².